The van der Waals surface area contributed by atoms with Gasteiger partial charge in [-0.2, -0.15) is 0 Å². The maximum Gasteiger partial charge on any atom is 0.156 e. The molecular formula is C16H21Cl2NO. The van der Waals surface area contributed by atoms with E-state index in [1.54, 1.807) is 0 Å². The van der Waals surface area contributed by atoms with Crippen molar-refractivity contribution >= 4 is 23.2 Å². The van der Waals surface area contributed by atoms with Gasteiger partial charge in [0.1, 0.15) is 0 Å². The molecule has 1 heterocycles. The third-order valence-corrected chi connectivity index (χ3v) is 4.57. The van der Waals surface area contributed by atoms with Crippen LogP contribution in [0.15, 0.2) is 12.1 Å². The molecule has 1 aromatic rings. The number of likely N-dealkylation sites (tertiary alicyclic amines) is 1. The van der Waals surface area contributed by atoms with Crippen LogP contribution in [-0.4, -0.2) is 30.6 Å². The quantitative estimate of drug-likeness (QED) is 0.763. The smallest absolute Gasteiger partial charge is 0.156 e. The van der Waals surface area contributed by atoms with Crippen LogP contribution in [0.5, 0.6) is 5.75 Å². The van der Waals surface area contributed by atoms with Crippen LogP contribution in [0.25, 0.3) is 0 Å². The number of rotatable bonds is 6. The first-order valence-corrected chi connectivity index (χ1v) is 8.35. The number of hydrogen-bond donors (Lipinski definition) is 0. The van der Waals surface area contributed by atoms with E-state index in [1.807, 2.05) is 12.1 Å². The number of hydrogen-bond acceptors (Lipinski definition) is 2. The number of ether oxygens (including phenoxy) is 1. The lowest BCUT2D eigenvalue weighted by atomic mass is 10.1. The molecule has 3 rings (SSSR count). The Morgan fingerprint density at radius 1 is 1.10 bits per heavy atom. The second kappa shape index (κ2) is 6.55. The van der Waals surface area contributed by atoms with Crippen LogP contribution < -0.4 is 4.74 Å². The Bertz CT molecular complexity index is 445. The zero-order valence-corrected chi connectivity index (χ0v) is 13.2. The van der Waals surface area contributed by atoms with Gasteiger partial charge in [-0.15, -0.1) is 0 Å². The molecule has 4 heteroatoms. The zero-order valence-electron chi connectivity index (χ0n) is 11.7. The van der Waals surface area contributed by atoms with Crippen molar-refractivity contribution in [3.05, 3.63) is 27.7 Å². The van der Waals surface area contributed by atoms with Gasteiger partial charge < -0.3 is 9.64 Å². The Balaban J connectivity index is 1.55. The molecule has 0 radical (unpaired) electrons. The van der Waals surface area contributed by atoms with Gasteiger partial charge in [-0.25, -0.2) is 0 Å². The minimum atomic E-state index is 0.325. The summed E-state index contributed by atoms with van der Waals surface area (Å²) >= 11 is 12.6. The molecule has 0 spiro atoms. The molecule has 0 unspecified atom stereocenters. The monoisotopic (exact) mass is 313 g/mol. The zero-order chi connectivity index (χ0) is 13.9. The van der Waals surface area contributed by atoms with Crippen molar-refractivity contribution in [3.8, 4) is 5.75 Å². The highest BCUT2D eigenvalue weighted by Crippen LogP contribution is 2.38. The van der Waals surface area contributed by atoms with Gasteiger partial charge in [0.2, 0.25) is 0 Å². The average Bonchev–Trinajstić information content (AvgIpc) is 3.09. The largest absolute Gasteiger partial charge is 0.487 e. The molecule has 1 saturated carbocycles. The second-order valence-electron chi connectivity index (χ2n) is 5.86. The maximum absolute atomic E-state index is 6.29. The average molecular weight is 314 g/mol. The van der Waals surface area contributed by atoms with E-state index in [9.17, 15) is 0 Å². The van der Waals surface area contributed by atoms with Crippen molar-refractivity contribution in [1.82, 2.24) is 4.90 Å². The molecule has 2 nitrogen and oxygen atoms in total. The Labute approximate surface area is 131 Å². The summed E-state index contributed by atoms with van der Waals surface area (Å²) in [6.45, 7) is 3.70. The topological polar surface area (TPSA) is 12.5 Å². The fourth-order valence-corrected chi connectivity index (χ4v) is 3.36. The highest BCUT2D eigenvalue weighted by atomic mass is 35.5. The van der Waals surface area contributed by atoms with Crippen LogP contribution in [0.3, 0.4) is 0 Å². The number of aryl methyl sites for hydroxylation is 1. The fraction of sp³-hybridized carbons (Fsp3) is 0.625. The highest BCUT2D eigenvalue weighted by molar-refractivity contribution is 6.37. The van der Waals surface area contributed by atoms with Crippen molar-refractivity contribution in [3.63, 3.8) is 0 Å². The van der Waals surface area contributed by atoms with Gasteiger partial charge in [0.25, 0.3) is 0 Å². The van der Waals surface area contributed by atoms with Crippen molar-refractivity contribution in [1.29, 1.82) is 0 Å². The van der Waals surface area contributed by atoms with Crippen molar-refractivity contribution in [2.24, 2.45) is 0 Å². The Kier molecular flexibility index (Phi) is 4.75. The summed E-state index contributed by atoms with van der Waals surface area (Å²) in [5, 5.41) is 1.31. The third-order valence-electron chi connectivity index (χ3n) is 4.01. The van der Waals surface area contributed by atoms with Gasteiger partial charge in [0.15, 0.2) is 5.75 Å². The predicted molar refractivity (Wildman–Crippen MR) is 84.1 cm³/mol. The van der Waals surface area contributed by atoms with E-state index < -0.39 is 0 Å². The lowest BCUT2D eigenvalue weighted by Crippen LogP contribution is -2.20. The molecule has 2 aliphatic rings. The van der Waals surface area contributed by atoms with E-state index in [2.05, 4.69) is 4.90 Å². The highest BCUT2D eigenvalue weighted by Gasteiger charge is 2.25. The molecule has 20 heavy (non-hydrogen) atoms. The molecule has 0 atom stereocenters. The molecule has 0 amide bonds. The molecule has 1 aliphatic carbocycles. The molecule has 1 aliphatic heterocycles. The van der Waals surface area contributed by atoms with E-state index >= 15 is 0 Å². The third kappa shape index (κ3) is 3.81. The minimum Gasteiger partial charge on any atom is -0.487 e. The Morgan fingerprint density at radius 3 is 2.35 bits per heavy atom. The molecule has 1 saturated heterocycles. The van der Waals surface area contributed by atoms with E-state index in [-0.39, 0.29) is 0 Å². The van der Waals surface area contributed by atoms with Crippen molar-refractivity contribution in [2.45, 2.75) is 44.6 Å². The SMILES string of the molecule is Clc1cc(CCCN2CCCC2)cc(Cl)c1OC1CC1. The van der Waals surface area contributed by atoms with Crippen molar-refractivity contribution in [2.75, 3.05) is 19.6 Å². The summed E-state index contributed by atoms with van der Waals surface area (Å²) in [7, 11) is 0. The molecule has 1 aromatic carbocycles. The van der Waals surface area contributed by atoms with Crippen molar-refractivity contribution < 1.29 is 4.74 Å². The van der Waals surface area contributed by atoms with Crippen LogP contribution in [0.1, 0.15) is 37.7 Å². The molecule has 0 N–H and O–H groups in total. The van der Waals surface area contributed by atoms with Gasteiger partial charge in [-0.05, 0) is 75.9 Å². The normalized spacial score (nSPS) is 19.5. The minimum absolute atomic E-state index is 0.325. The predicted octanol–water partition coefficient (Wildman–Crippen LogP) is 4.56. The number of halogens is 2. The van der Waals surface area contributed by atoms with Gasteiger partial charge >= 0.3 is 0 Å². The van der Waals surface area contributed by atoms with Crippen LogP contribution in [0.4, 0.5) is 0 Å². The first kappa shape index (κ1) is 14.5. The lowest BCUT2D eigenvalue weighted by Gasteiger charge is -2.15. The number of benzene rings is 1. The Hall–Kier alpha value is -0.440. The molecule has 110 valence electrons. The number of nitrogens with zero attached hydrogens (tertiary/aromatic N) is 1. The van der Waals surface area contributed by atoms with E-state index in [0.29, 0.717) is 21.9 Å². The molecule has 0 bridgehead atoms. The first-order valence-electron chi connectivity index (χ1n) is 7.59. The van der Waals surface area contributed by atoms with Gasteiger partial charge in [-0.1, -0.05) is 23.2 Å². The fourth-order valence-electron chi connectivity index (χ4n) is 2.73. The summed E-state index contributed by atoms with van der Waals surface area (Å²) in [5.41, 5.74) is 1.21. The second-order valence-corrected chi connectivity index (χ2v) is 6.67. The van der Waals surface area contributed by atoms with E-state index in [0.717, 1.165) is 25.7 Å². The standard InChI is InChI=1S/C16H21Cl2NO/c17-14-10-12(4-3-9-19-7-1-2-8-19)11-15(18)16(14)20-13-5-6-13/h10-11,13H,1-9H2. The lowest BCUT2D eigenvalue weighted by molar-refractivity contribution is 0.303. The summed E-state index contributed by atoms with van der Waals surface area (Å²) in [5.74, 6) is 0.666. The Morgan fingerprint density at radius 2 is 1.75 bits per heavy atom. The van der Waals surface area contributed by atoms with Gasteiger partial charge in [-0.3, -0.25) is 0 Å². The van der Waals surface area contributed by atoms with E-state index in [4.69, 9.17) is 27.9 Å². The summed E-state index contributed by atoms with van der Waals surface area (Å²) < 4.78 is 5.76. The summed E-state index contributed by atoms with van der Waals surface area (Å²) in [4.78, 5) is 2.54. The van der Waals surface area contributed by atoms with Crippen LogP contribution in [0, 0.1) is 0 Å². The van der Waals surface area contributed by atoms with Gasteiger partial charge in [0.05, 0.1) is 16.1 Å². The summed E-state index contributed by atoms with van der Waals surface area (Å²) in [6, 6.07) is 4.02. The van der Waals surface area contributed by atoms with Crippen LogP contribution in [0.2, 0.25) is 10.0 Å². The molecule has 2 fully saturated rings. The van der Waals surface area contributed by atoms with Gasteiger partial charge in [0, 0.05) is 0 Å². The molecular weight excluding hydrogens is 293 g/mol. The van der Waals surface area contributed by atoms with E-state index in [1.165, 1.54) is 38.0 Å². The maximum atomic E-state index is 6.29. The van der Waals surface area contributed by atoms with Crippen LogP contribution >= 0.6 is 23.2 Å². The first-order chi connectivity index (χ1) is 9.72. The summed E-state index contributed by atoms with van der Waals surface area (Å²) in [6.07, 6.45) is 7.45. The van der Waals surface area contributed by atoms with Crippen LogP contribution in [-0.2, 0) is 6.42 Å². The molecule has 0 aromatic heterocycles.